The van der Waals surface area contributed by atoms with E-state index in [9.17, 15) is 4.79 Å². The number of rotatable bonds is 4. The number of halogens is 1. The van der Waals surface area contributed by atoms with Gasteiger partial charge in [0.2, 0.25) is 0 Å². The molecule has 0 saturated carbocycles. The van der Waals surface area contributed by atoms with Crippen LogP contribution in [0.25, 0.3) is 5.69 Å². The van der Waals surface area contributed by atoms with Crippen molar-refractivity contribution in [2.75, 3.05) is 18.4 Å². The van der Waals surface area contributed by atoms with E-state index in [1.165, 1.54) is 5.56 Å². The van der Waals surface area contributed by atoms with Gasteiger partial charge in [0.1, 0.15) is 0 Å². The first-order valence-electron chi connectivity index (χ1n) is 9.44. The van der Waals surface area contributed by atoms with Crippen LogP contribution in [0.3, 0.4) is 0 Å². The minimum absolute atomic E-state index is 0. The highest BCUT2D eigenvalue weighted by Crippen LogP contribution is 2.30. The van der Waals surface area contributed by atoms with Gasteiger partial charge in [-0.15, -0.1) is 12.4 Å². The van der Waals surface area contributed by atoms with Crippen LogP contribution < -0.4 is 10.6 Å². The van der Waals surface area contributed by atoms with Crippen LogP contribution in [0.4, 0.5) is 5.69 Å². The Morgan fingerprint density at radius 2 is 1.75 bits per heavy atom. The average molecular weight is 397 g/mol. The number of nitrogens with one attached hydrogen (secondary N) is 2. The average Bonchev–Trinajstić information content (AvgIpc) is 3.15. The van der Waals surface area contributed by atoms with Gasteiger partial charge in [-0.2, -0.15) is 5.10 Å². The number of hydrogen-bond donors (Lipinski definition) is 2. The van der Waals surface area contributed by atoms with Crippen molar-refractivity contribution in [3.8, 4) is 5.69 Å². The lowest BCUT2D eigenvalue weighted by Gasteiger charge is -2.24. The molecule has 6 heteroatoms. The molecule has 1 aromatic heterocycles. The maximum Gasteiger partial charge on any atom is 0.259 e. The number of aryl methyl sites for hydroxylation is 1. The molecule has 1 amide bonds. The van der Waals surface area contributed by atoms with Crippen LogP contribution in [0.15, 0.2) is 60.8 Å². The van der Waals surface area contributed by atoms with E-state index in [1.807, 2.05) is 35.0 Å². The zero-order chi connectivity index (χ0) is 18.6. The molecule has 0 spiro atoms. The van der Waals surface area contributed by atoms with Gasteiger partial charge in [0, 0.05) is 11.6 Å². The van der Waals surface area contributed by atoms with Crippen LogP contribution in [0.1, 0.15) is 40.4 Å². The maximum atomic E-state index is 13.0. The molecule has 0 radical (unpaired) electrons. The number of aromatic nitrogens is 2. The second kappa shape index (κ2) is 9.04. The van der Waals surface area contributed by atoms with Crippen molar-refractivity contribution in [1.29, 1.82) is 0 Å². The number of benzene rings is 2. The van der Waals surface area contributed by atoms with E-state index in [2.05, 4.69) is 46.9 Å². The second-order valence-electron chi connectivity index (χ2n) is 7.04. The third-order valence-electron chi connectivity index (χ3n) is 5.09. The molecule has 28 heavy (non-hydrogen) atoms. The third kappa shape index (κ3) is 4.26. The quantitative estimate of drug-likeness (QED) is 0.690. The number of para-hydroxylation sites is 1. The Hall–Kier alpha value is -2.63. The van der Waals surface area contributed by atoms with Gasteiger partial charge in [-0.25, -0.2) is 4.68 Å². The highest BCUT2D eigenvalue weighted by molar-refractivity contribution is 6.05. The van der Waals surface area contributed by atoms with Crippen LogP contribution >= 0.6 is 12.4 Å². The first-order chi connectivity index (χ1) is 13.2. The van der Waals surface area contributed by atoms with E-state index in [1.54, 1.807) is 6.20 Å². The predicted molar refractivity (Wildman–Crippen MR) is 115 cm³/mol. The van der Waals surface area contributed by atoms with Gasteiger partial charge in [0.05, 0.1) is 23.1 Å². The lowest BCUT2D eigenvalue weighted by atomic mass is 9.91. The van der Waals surface area contributed by atoms with E-state index < -0.39 is 0 Å². The summed E-state index contributed by atoms with van der Waals surface area (Å²) in [4.78, 5) is 13.0. The molecule has 3 aromatic rings. The number of hydrogen-bond acceptors (Lipinski definition) is 3. The molecule has 5 nitrogen and oxygen atoms in total. The number of nitrogens with zero attached hydrogens (tertiary/aromatic N) is 2. The summed E-state index contributed by atoms with van der Waals surface area (Å²) < 4.78 is 1.94. The molecule has 2 N–H and O–H groups in total. The smallest absolute Gasteiger partial charge is 0.259 e. The highest BCUT2D eigenvalue weighted by Gasteiger charge is 2.27. The topological polar surface area (TPSA) is 59.0 Å². The summed E-state index contributed by atoms with van der Waals surface area (Å²) >= 11 is 0. The Labute approximate surface area is 171 Å². The molecule has 2 aromatic carbocycles. The Bertz CT molecular complexity index is 915. The fourth-order valence-corrected chi connectivity index (χ4v) is 3.63. The summed E-state index contributed by atoms with van der Waals surface area (Å²) in [5.41, 5.74) is 4.66. The fraction of sp³-hybridized carbons (Fsp3) is 0.273. The summed E-state index contributed by atoms with van der Waals surface area (Å²) in [5, 5.41) is 11.0. The standard InChI is InChI=1S/C22H24N4O.ClH/c1-16-7-9-19(10-8-16)26-21(17-11-13-23-14-12-17)20(15-24-26)22(27)25-18-5-3-2-4-6-18;/h2-10,15,17,23H,11-14H2,1H3,(H,25,27);1H. The van der Waals surface area contributed by atoms with Crippen LogP contribution in [-0.2, 0) is 0 Å². The normalized spacial score (nSPS) is 14.3. The molecule has 4 rings (SSSR count). The van der Waals surface area contributed by atoms with E-state index in [0.29, 0.717) is 11.5 Å². The molecule has 0 unspecified atom stereocenters. The van der Waals surface area contributed by atoms with Gasteiger partial charge in [0.15, 0.2) is 0 Å². The molecule has 1 aliphatic rings. The summed E-state index contributed by atoms with van der Waals surface area (Å²) in [5.74, 6) is 0.208. The molecule has 2 heterocycles. The van der Waals surface area contributed by atoms with Crippen molar-refractivity contribution in [3.63, 3.8) is 0 Å². The summed E-state index contributed by atoms with van der Waals surface area (Å²) in [6, 6.07) is 17.8. The van der Waals surface area contributed by atoms with E-state index in [-0.39, 0.29) is 18.3 Å². The lowest BCUT2D eigenvalue weighted by molar-refractivity contribution is 0.102. The van der Waals surface area contributed by atoms with Crippen LogP contribution in [0.2, 0.25) is 0 Å². The summed E-state index contributed by atoms with van der Waals surface area (Å²) in [7, 11) is 0. The van der Waals surface area contributed by atoms with Crippen molar-refractivity contribution in [1.82, 2.24) is 15.1 Å². The van der Waals surface area contributed by atoms with Crippen LogP contribution in [-0.4, -0.2) is 28.8 Å². The second-order valence-corrected chi connectivity index (χ2v) is 7.04. The fourth-order valence-electron chi connectivity index (χ4n) is 3.63. The zero-order valence-corrected chi connectivity index (χ0v) is 16.7. The van der Waals surface area contributed by atoms with Gasteiger partial charge in [-0.1, -0.05) is 35.9 Å². The molecular weight excluding hydrogens is 372 g/mol. The van der Waals surface area contributed by atoms with Gasteiger partial charge in [0.25, 0.3) is 5.91 Å². The van der Waals surface area contributed by atoms with Gasteiger partial charge in [-0.3, -0.25) is 4.79 Å². The van der Waals surface area contributed by atoms with Crippen LogP contribution in [0.5, 0.6) is 0 Å². The monoisotopic (exact) mass is 396 g/mol. The Morgan fingerprint density at radius 1 is 1.07 bits per heavy atom. The largest absolute Gasteiger partial charge is 0.322 e. The Morgan fingerprint density at radius 3 is 2.43 bits per heavy atom. The number of carbonyl (C=O) groups excluding carboxylic acids is 1. The number of amides is 1. The Balaban J connectivity index is 0.00000225. The zero-order valence-electron chi connectivity index (χ0n) is 15.9. The number of carbonyl (C=O) groups is 1. The molecule has 1 fully saturated rings. The molecule has 0 aliphatic carbocycles. The molecular formula is C22H25ClN4O. The summed E-state index contributed by atoms with van der Waals surface area (Å²) in [6.07, 6.45) is 3.71. The molecule has 1 saturated heterocycles. The van der Waals surface area contributed by atoms with Gasteiger partial charge >= 0.3 is 0 Å². The van der Waals surface area contributed by atoms with E-state index >= 15 is 0 Å². The minimum atomic E-state index is -0.104. The lowest BCUT2D eigenvalue weighted by Crippen LogP contribution is -2.29. The van der Waals surface area contributed by atoms with E-state index in [4.69, 9.17) is 0 Å². The van der Waals surface area contributed by atoms with Crippen molar-refractivity contribution < 1.29 is 4.79 Å². The van der Waals surface area contributed by atoms with Crippen molar-refractivity contribution in [3.05, 3.63) is 77.6 Å². The van der Waals surface area contributed by atoms with Gasteiger partial charge < -0.3 is 10.6 Å². The first-order valence-corrected chi connectivity index (χ1v) is 9.44. The highest BCUT2D eigenvalue weighted by atomic mass is 35.5. The van der Waals surface area contributed by atoms with E-state index in [0.717, 1.165) is 43.0 Å². The molecule has 1 aliphatic heterocycles. The predicted octanol–water partition coefficient (Wildman–Crippen LogP) is 4.32. The maximum absolute atomic E-state index is 13.0. The van der Waals surface area contributed by atoms with Gasteiger partial charge in [-0.05, 0) is 57.1 Å². The van der Waals surface area contributed by atoms with Crippen LogP contribution in [0, 0.1) is 6.92 Å². The third-order valence-corrected chi connectivity index (χ3v) is 5.09. The molecule has 146 valence electrons. The van der Waals surface area contributed by atoms with Crippen molar-refractivity contribution >= 4 is 24.0 Å². The first kappa shape index (κ1) is 20.1. The number of piperidine rings is 1. The minimum Gasteiger partial charge on any atom is -0.322 e. The van der Waals surface area contributed by atoms with Crippen molar-refractivity contribution in [2.24, 2.45) is 0 Å². The SMILES string of the molecule is Cc1ccc(-n2ncc(C(=O)Nc3ccccc3)c2C2CCNCC2)cc1.Cl. The summed E-state index contributed by atoms with van der Waals surface area (Å²) in [6.45, 7) is 3.99. The molecule has 0 atom stereocenters. The molecule has 0 bridgehead atoms. The van der Waals surface area contributed by atoms with Crippen molar-refractivity contribution in [2.45, 2.75) is 25.7 Å². The Kier molecular flexibility index (Phi) is 6.49. The number of anilines is 1.